The number of hydrogen-bond acceptors (Lipinski definition) is 3. The Kier molecular flexibility index (Phi) is 4.51. The fourth-order valence-electron chi connectivity index (χ4n) is 2.01. The number of aliphatic carboxylic acids is 1. The molecule has 5 heteroatoms. The second-order valence-electron chi connectivity index (χ2n) is 5.58. The highest BCUT2D eigenvalue weighted by Gasteiger charge is 2.33. The van der Waals surface area contributed by atoms with Gasteiger partial charge < -0.3 is 14.7 Å². The first-order valence-corrected chi connectivity index (χ1v) is 5.88. The van der Waals surface area contributed by atoms with Crippen LogP contribution in [-0.2, 0) is 14.3 Å². The van der Waals surface area contributed by atoms with Gasteiger partial charge in [0.05, 0.1) is 0 Å². The zero-order valence-corrected chi connectivity index (χ0v) is 10.7. The van der Waals surface area contributed by atoms with Crippen LogP contribution in [0.1, 0.15) is 27.2 Å². The third-order valence-corrected chi connectivity index (χ3v) is 3.22. The van der Waals surface area contributed by atoms with E-state index in [4.69, 9.17) is 9.84 Å². The van der Waals surface area contributed by atoms with Gasteiger partial charge >= 0.3 is 5.97 Å². The van der Waals surface area contributed by atoms with Crippen LogP contribution in [0.15, 0.2) is 0 Å². The van der Waals surface area contributed by atoms with Crippen LogP contribution in [0, 0.1) is 11.3 Å². The lowest BCUT2D eigenvalue weighted by Crippen LogP contribution is -2.34. The largest absolute Gasteiger partial charge is 0.480 e. The highest BCUT2D eigenvalue weighted by atomic mass is 16.5. The van der Waals surface area contributed by atoms with Crippen molar-refractivity contribution in [3.05, 3.63) is 0 Å². The molecule has 1 rings (SSSR count). The van der Waals surface area contributed by atoms with Crippen LogP contribution >= 0.6 is 0 Å². The van der Waals surface area contributed by atoms with Gasteiger partial charge in [0.1, 0.15) is 13.2 Å². The molecule has 0 aromatic heterocycles. The van der Waals surface area contributed by atoms with E-state index in [0.717, 1.165) is 19.5 Å². The van der Waals surface area contributed by atoms with Crippen LogP contribution in [0.4, 0.5) is 0 Å². The van der Waals surface area contributed by atoms with Crippen LogP contribution in [0.2, 0.25) is 0 Å². The van der Waals surface area contributed by atoms with E-state index in [-0.39, 0.29) is 17.9 Å². The molecule has 1 atom stereocenters. The highest BCUT2D eigenvalue weighted by molar-refractivity contribution is 5.78. The van der Waals surface area contributed by atoms with E-state index in [1.54, 1.807) is 4.90 Å². The Hall–Kier alpha value is -1.10. The van der Waals surface area contributed by atoms with Crippen LogP contribution in [0.25, 0.3) is 0 Å². The van der Waals surface area contributed by atoms with Crippen molar-refractivity contribution in [1.29, 1.82) is 0 Å². The van der Waals surface area contributed by atoms with Crippen LogP contribution < -0.4 is 0 Å². The average Bonchev–Trinajstić information content (AvgIpc) is 2.64. The molecule has 5 nitrogen and oxygen atoms in total. The third kappa shape index (κ3) is 4.34. The Labute approximate surface area is 102 Å². The number of amides is 1. The predicted octanol–water partition coefficient (Wildman–Crippen LogP) is 0.982. The second kappa shape index (κ2) is 5.49. The number of ether oxygens (including phenoxy) is 1. The molecule has 0 aromatic carbocycles. The molecule has 0 spiro atoms. The first-order valence-electron chi connectivity index (χ1n) is 5.88. The standard InChI is InChI=1S/C12H21NO4/c1-12(2,3)9-4-5-13(6-9)10(14)7-17-8-11(15)16/h9H,4-8H2,1-3H3,(H,15,16). The van der Waals surface area contributed by atoms with Crippen molar-refractivity contribution in [2.24, 2.45) is 11.3 Å². The van der Waals surface area contributed by atoms with E-state index in [2.05, 4.69) is 20.8 Å². The summed E-state index contributed by atoms with van der Waals surface area (Å²) in [5, 5.41) is 8.39. The molecule has 1 fully saturated rings. The van der Waals surface area contributed by atoms with Crippen LogP contribution in [0.3, 0.4) is 0 Å². The summed E-state index contributed by atoms with van der Waals surface area (Å²) in [5.74, 6) is -0.657. The maximum absolute atomic E-state index is 11.7. The molecular formula is C12H21NO4. The molecule has 0 saturated carbocycles. The molecule has 1 unspecified atom stereocenters. The summed E-state index contributed by atoms with van der Waals surface area (Å²) in [5.41, 5.74) is 0.205. The van der Waals surface area contributed by atoms with Crippen molar-refractivity contribution in [3.8, 4) is 0 Å². The molecule has 1 N–H and O–H groups in total. The first-order chi connectivity index (χ1) is 7.80. The summed E-state index contributed by atoms with van der Waals surface area (Å²) in [7, 11) is 0. The smallest absolute Gasteiger partial charge is 0.329 e. The summed E-state index contributed by atoms with van der Waals surface area (Å²) < 4.78 is 4.80. The van der Waals surface area contributed by atoms with Crippen molar-refractivity contribution in [2.45, 2.75) is 27.2 Å². The van der Waals surface area contributed by atoms with Crippen molar-refractivity contribution in [2.75, 3.05) is 26.3 Å². The molecule has 1 amide bonds. The Bertz CT molecular complexity index is 295. The molecule has 17 heavy (non-hydrogen) atoms. The minimum Gasteiger partial charge on any atom is -0.480 e. The SMILES string of the molecule is CC(C)(C)C1CCN(C(=O)COCC(=O)O)C1. The molecule has 1 saturated heterocycles. The van der Waals surface area contributed by atoms with Gasteiger partial charge in [-0.2, -0.15) is 0 Å². The third-order valence-electron chi connectivity index (χ3n) is 3.22. The lowest BCUT2D eigenvalue weighted by atomic mass is 9.80. The molecule has 1 aliphatic rings. The average molecular weight is 243 g/mol. The molecule has 0 aromatic rings. The topological polar surface area (TPSA) is 66.8 Å². The Morgan fingerprint density at radius 1 is 1.35 bits per heavy atom. The number of nitrogens with zero attached hydrogens (tertiary/aromatic N) is 1. The lowest BCUT2D eigenvalue weighted by molar-refractivity contribution is -0.145. The Morgan fingerprint density at radius 3 is 2.47 bits per heavy atom. The monoisotopic (exact) mass is 243 g/mol. The van der Waals surface area contributed by atoms with Gasteiger partial charge in [-0.05, 0) is 17.8 Å². The van der Waals surface area contributed by atoms with Gasteiger partial charge in [-0.1, -0.05) is 20.8 Å². The van der Waals surface area contributed by atoms with Crippen LogP contribution in [-0.4, -0.2) is 48.2 Å². The van der Waals surface area contributed by atoms with Gasteiger partial charge in [0, 0.05) is 13.1 Å². The summed E-state index contributed by atoms with van der Waals surface area (Å²) in [6.45, 7) is 7.47. The minimum atomic E-state index is -1.05. The summed E-state index contributed by atoms with van der Waals surface area (Å²) in [4.78, 5) is 23.7. The quantitative estimate of drug-likeness (QED) is 0.799. The molecule has 0 radical (unpaired) electrons. The predicted molar refractivity (Wildman–Crippen MR) is 62.6 cm³/mol. The number of carbonyl (C=O) groups is 2. The maximum atomic E-state index is 11.7. The van der Waals surface area contributed by atoms with E-state index < -0.39 is 12.6 Å². The Morgan fingerprint density at radius 2 is 2.00 bits per heavy atom. The van der Waals surface area contributed by atoms with E-state index in [9.17, 15) is 9.59 Å². The molecule has 98 valence electrons. The minimum absolute atomic E-state index is 0.113. The van der Waals surface area contributed by atoms with E-state index >= 15 is 0 Å². The highest BCUT2D eigenvalue weighted by Crippen LogP contribution is 2.33. The summed E-state index contributed by atoms with van der Waals surface area (Å²) in [6, 6.07) is 0. The fourth-order valence-corrected chi connectivity index (χ4v) is 2.01. The fraction of sp³-hybridized carbons (Fsp3) is 0.833. The van der Waals surface area contributed by atoms with Gasteiger partial charge in [0.2, 0.25) is 5.91 Å². The zero-order valence-electron chi connectivity index (χ0n) is 10.7. The van der Waals surface area contributed by atoms with Crippen molar-refractivity contribution < 1.29 is 19.4 Å². The van der Waals surface area contributed by atoms with Crippen LogP contribution in [0.5, 0.6) is 0 Å². The number of likely N-dealkylation sites (tertiary alicyclic amines) is 1. The summed E-state index contributed by atoms with van der Waals surface area (Å²) in [6.07, 6.45) is 1.01. The number of hydrogen-bond donors (Lipinski definition) is 1. The molecular weight excluding hydrogens is 222 g/mol. The lowest BCUT2D eigenvalue weighted by Gasteiger charge is -2.26. The van der Waals surface area contributed by atoms with E-state index in [1.807, 2.05) is 0 Å². The molecule has 1 heterocycles. The Balaban J connectivity index is 2.33. The van der Waals surface area contributed by atoms with Crippen molar-refractivity contribution in [3.63, 3.8) is 0 Å². The number of carbonyl (C=O) groups excluding carboxylic acids is 1. The van der Waals surface area contributed by atoms with Gasteiger partial charge in [0.15, 0.2) is 0 Å². The second-order valence-corrected chi connectivity index (χ2v) is 5.58. The van der Waals surface area contributed by atoms with Gasteiger partial charge in [-0.15, -0.1) is 0 Å². The number of rotatable bonds is 4. The maximum Gasteiger partial charge on any atom is 0.329 e. The number of carboxylic acid groups (broad SMARTS) is 1. The van der Waals surface area contributed by atoms with Crippen molar-refractivity contribution >= 4 is 11.9 Å². The normalized spacial score (nSPS) is 20.6. The van der Waals surface area contributed by atoms with Crippen molar-refractivity contribution in [1.82, 2.24) is 4.90 Å². The van der Waals surface area contributed by atoms with E-state index in [1.165, 1.54) is 0 Å². The molecule has 1 aliphatic heterocycles. The first kappa shape index (κ1) is 14.0. The molecule has 0 bridgehead atoms. The van der Waals surface area contributed by atoms with Gasteiger partial charge in [-0.25, -0.2) is 4.79 Å². The number of carboxylic acids is 1. The zero-order chi connectivity index (χ0) is 13.1. The van der Waals surface area contributed by atoms with E-state index in [0.29, 0.717) is 5.92 Å². The van der Waals surface area contributed by atoms with Gasteiger partial charge in [-0.3, -0.25) is 4.79 Å². The summed E-state index contributed by atoms with van der Waals surface area (Å²) >= 11 is 0. The molecule has 0 aliphatic carbocycles. The van der Waals surface area contributed by atoms with Gasteiger partial charge in [0.25, 0.3) is 0 Å².